The van der Waals surface area contributed by atoms with Crippen LogP contribution in [0.5, 0.6) is 5.75 Å². The maximum Gasteiger partial charge on any atom is 0.258 e. The largest absolute Gasteiger partial charge is 0.495 e. The molecule has 0 aliphatic rings. The van der Waals surface area contributed by atoms with Crippen molar-refractivity contribution >= 4 is 33.2 Å². The number of hydrogen-bond acceptors (Lipinski definition) is 3. The lowest BCUT2D eigenvalue weighted by Gasteiger charge is -2.11. The zero-order valence-corrected chi connectivity index (χ0v) is 12.2. The molecule has 0 aromatic heterocycles. The second-order valence-electron chi connectivity index (χ2n) is 4.04. The number of ether oxygens (including phenoxy) is 1. The van der Waals surface area contributed by atoms with E-state index in [0.717, 1.165) is 10.5 Å². The Labute approximate surface area is 123 Å². The number of methoxy groups -OCH3 is 1. The number of hydrogen-bond donors (Lipinski definition) is 2. The zero-order chi connectivity index (χ0) is 14.7. The molecular formula is C14H12BrFN2O2. The van der Waals surface area contributed by atoms with Crippen LogP contribution in [0.25, 0.3) is 0 Å². The van der Waals surface area contributed by atoms with Crippen molar-refractivity contribution in [1.29, 1.82) is 0 Å². The van der Waals surface area contributed by atoms with Gasteiger partial charge in [-0.2, -0.15) is 0 Å². The van der Waals surface area contributed by atoms with Crippen LogP contribution in [-0.2, 0) is 0 Å². The molecule has 6 heteroatoms. The highest BCUT2D eigenvalue weighted by Crippen LogP contribution is 2.28. The number of rotatable bonds is 3. The molecule has 1 amide bonds. The average Bonchev–Trinajstić information content (AvgIpc) is 2.38. The number of amides is 1. The van der Waals surface area contributed by atoms with Crippen molar-refractivity contribution in [2.24, 2.45) is 0 Å². The Hall–Kier alpha value is -2.08. The molecule has 4 nitrogen and oxygen atoms in total. The van der Waals surface area contributed by atoms with Crippen molar-refractivity contribution in [3.63, 3.8) is 0 Å². The SMILES string of the molecule is COc1ccc(Br)cc1NC(=O)c1ccc(N)cc1F. The van der Waals surface area contributed by atoms with Crippen LogP contribution in [0.4, 0.5) is 15.8 Å². The van der Waals surface area contributed by atoms with Crippen LogP contribution in [0, 0.1) is 5.82 Å². The number of benzene rings is 2. The Balaban J connectivity index is 2.30. The Bertz CT molecular complexity index is 662. The topological polar surface area (TPSA) is 64.3 Å². The van der Waals surface area contributed by atoms with Crippen LogP contribution in [-0.4, -0.2) is 13.0 Å². The summed E-state index contributed by atoms with van der Waals surface area (Å²) in [5.74, 6) is -0.757. The number of anilines is 2. The quantitative estimate of drug-likeness (QED) is 0.842. The standard InChI is InChI=1S/C14H12BrFN2O2/c1-20-13-5-2-8(15)6-12(13)18-14(19)10-4-3-9(17)7-11(10)16/h2-7H,17H2,1H3,(H,18,19). The van der Waals surface area contributed by atoms with Crippen LogP contribution in [0.3, 0.4) is 0 Å². The van der Waals surface area contributed by atoms with E-state index in [-0.39, 0.29) is 11.3 Å². The van der Waals surface area contributed by atoms with E-state index in [1.54, 1.807) is 18.2 Å². The fourth-order valence-electron chi connectivity index (χ4n) is 1.68. The smallest absolute Gasteiger partial charge is 0.258 e. The molecule has 104 valence electrons. The van der Waals surface area contributed by atoms with Crippen molar-refractivity contribution in [2.45, 2.75) is 0 Å². The van der Waals surface area contributed by atoms with Gasteiger partial charge in [0.15, 0.2) is 0 Å². The van der Waals surface area contributed by atoms with Crippen LogP contribution in [0.15, 0.2) is 40.9 Å². The lowest BCUT2D eigenvalue weighted by atomic mass is 10.1. The minimum atomic E-state index is -0.670. The highest BCUT2D eigenvalue weighted by Gasteiger charge is 2.14. The predicted octanol–water partition coefficient (Wildman–Crippen LogP) is 3.43. The van der Waals surface area contributed by atoms with Gasteiger partial charge < -0.3 is 15.8 Å². The normalized spacial score (nSPS) is 10.2. The van der Waals surface area contributed by atoms with Crippen molar-refractivity contribution in [3.8, 4) is 5.75 Å². The Morgan fingerprint density at radius 1 is 1.30 bits per heavy atom. The van der Waals surface area contributed by atoms with Gasteiger partial charge in [-0.05, 0) is 36.4 Å². The molecule has 3 N–H and O–H groups in total. The number of carbonyl (C=O) groups excluding carboxylic acids is 1. The fraction of sp³-hybridized carbons (Fsp3) is 0.0714. The third-order valence-corrected chi connectivity index (χ3v) is 3.14. The summed E-state index contributed by atoms with van der Waals surface area (Å²) in [6, 6.07) is 9.05. The molecule has 0 bridgehead atoms. The number of nitrogens with two attached hydrogens (primary N) is 1. The predicted molar refractivity (Wildman–Crippen MR) is 79.5 cm³/mol. The molecule has 0 aliphatic heterocycles. The highest BCUT2D eigenvalue weighted by molar-refractivity contribution is 9.10. The molecule has 2 aromatic carbocycles. The molecule has 0 radical (unpaired) electrons. The first-order chi connectivity index (χ1) is 9.51. The monoisotopic (exact) mass is 338 g/mol. The Kier molecular flexibility index (Phi) is 4.24. The molecular weight excluding hydrogens is 327 g/mol. The van der Waals surface area contributed by atoms with Gasteiger partial charge >= 0.3 is 0 Å². The van der Waals surface area contributed by atoms with Gasteiger partial charge in [-0.1, -0.05) is 15.9 Å². The van der Waals surface area contributed by atoms with Gasteiger partial charge in [-0.15, -0.1) is 0 Å². The van der Waals surface area contributed by atoms with Gasteiger partial charge in [0.2, 0.25) is 0 Å². The summed E-state index contributed by atoms with van der Waals surface area (Å²) in [5, 5.41) is 2.60. The van der Waals surface area contributed by atoms with Crippen LogP contribution < -0.4 is 15.8 Å². The first-order valence-corrected chi connectivity index (χ1v) is 6.50. The van der Waals surface area contributed by atoms with Crippen molar-refractivity contribution in [3.05, 3.63) is 52.3 Å². The van der Waals surface area contributed by atoms with Gasteiger partial charge in [-0.3, -0.25) is 4.79 Å². The molecule has 0 saturated heterocycles. The first kappa shape index (κ1) is 14.3. The Morgan fingerprint density at radius 3 is 2.70 bits per heavy atom. The average molecular weight is 339 g/mol. The third-order valence-electron chi connectivity index (χ3n) is 2.65. The van der Waals surface area contributed by atoms with E-state index in [1.807, 2.05) is 0 Å². The summed E-state index contributed by atoms with van der Waals surface area (Å²) >= 11 is 3.30. The van der Waals surface area contributed by atoms with Crippen molar-refractivity contribution < 1.29 is 13.9 Å². The summed E-state index contributed by atoms with van der Waals surface area (Å²) in [4.78, 5) is 12.1. The molecule has 0 fully saturated rings. The van der Waals surface area contributed by atoms with E-state index in [0.29, 0.717) is 11.4 Å². The lowest BCUT2D eigenvalue weighted by Crippen LogP contribution is -2.14. The minimum absolute atomic E-state index is 0.0822. The van der Waals surface area contributed by atoms with E-state index >= 15 is 0 Å². The van der Waals surface area contributed by atoms with Gasteiger partial charge in [-0.25, -0.2) is 4.39 Å². The molecule has 0 heterocycles. The molecule has 0 spiro atoms. The number of carbonyl (C=O) groups is 1. The number of nitrogen functional groups attached to an aromatic ring is 1. The summed E-state index contributed by atoms with van der Waals surface area (Å²) in [6.45, 7) is 0. The van der Waals surface area contributed by atoms with Crippen LogP contribution in [0.2, 0.25) is 0 Å². The molecule has 0 atom stereocenters. The number of nitrogens with one attached hydrogen (secondary N) is 1. The van der Waals surface area contributed by atoms with Gasteiger partial charge in [0.25, 0.3) is 5.91 Å². The first-order valence-electron chi connectivity index (χ1n) is 5.71. The minimum Gasteiger partial charge on any atom is -0.495 e. The molecule has 20 heavy (non-hydrogen) atoms. The lowest BCUT2D eigenvalue weighted by molar-refractivity contribution is 0.102. The summed E-state index contributed by atoms with van der Waals surface area (Å²) < 4.78 is 19.6. The van der Waals surface area contributed by atoms with E-state index in [9.17, 15) is 9.18 Å². The molecule has 0 saturated carbocycles. The van der Waals surface area contributed by atoms with E-state index in [2.05, 4.69) is 21.2 Å². The van der Waals surface area contributed by atoms with E-state index in [1.165, 1.54) is 19.2 Å². The summed E-state index contributed by atoms with van der Waals surface area (Å²) in [7, 11) is 1.49. The Morgan fingerprint density at radius 2 is 2.05 bits per heavy atom. The fourth-order valence-corrected chi connectivity index (χ4v) is 2.04. The molecule has 0 aliphatic carbocycles. The summed E-state index contributed by atoms with van der Waals surface area (Å²) in [6.07, 6.45) is 0. The zero-order valence-electron chi connectivity index (χ0n) is 10.6. The second-order valence-corrected chi connectivity index (χ2v) is 4.95. The molecule has 2 aromatic rings. The van der Waals surface area contributed by atoms with Crippen molar-refractivity contribution in [2.75, 3.05) is 18.2 Å². The maximum atomic E-state index is 13.7. The molecule has 2 rings (SSSR count). The summed E-state index contributed by atoms with van der Waals surface area (Å²) in [5.41, 5.74) is 6.08. The molecule has 0 unspecified atom stereocenters. The second kappa shape index (κ2) is 5.92. The van der Waals surface area contributed by atoms with Crippen LogP contribution >= 0.6 is 15.9 Å². The third kappa shape index (κ3) is 3.08. The van der Waals surface area contributed by atoms with E-state index in [4.69, 9.17) is 10.5 Å². The van der Waals surface area contributed by atoms with Crippen LogP contribution in [0.1, 0.15) is 10.4 Å². The van der Waals surface area contributed by atoms with Gasteiger partial charge in [0, 0.05) is 10.2 Å². The van der Waals surface area contributed by atoms with Gasteiger partial charge in [0.05, 0.1) is 18.4 Å². The number of halogens is 2. The maximum absolute atomic E-state index is 13.7. The van der Waals surface area contributed by atoms with Gasteiger partial charge in [0.1, 0.15) is 11.6 Å². The van der Waals surface area contributed by atoms with Crippen molar-refractivity contribution in [1.82, 2.24) is 0 Å². The highest BCUT2D eigenvalue weighted by atomic mass is 79.9. The van der Waals surface area contributed by atoms with E-state index < -0.39 is 11.7 Å².